The van der Waals surface area contributed by atoms with Gasteiger partial charge in [-0.05, 0) is 42.8 Å². The fourth-order valence-electron chi connectivity index (χ4n) is 1.89. The highest BCUT2D eigenvalue weighted by Gasteiger charge is 2.11. The largest absolute Gasteiger partial charge is 0.478 e. The molecule has 1 unspecified atom stereocenters. The maximum atomic E-state index is 13.2. The van der Waals surface area contributed by atoms with Crippen LogP contribution in [0.3, 0.4) is 0 Å². The van der Waals surface area contributed by atoms with Crippen LogP contribution in [-0.4, -0.2) is 11.1 Å². The standard InChI is InChI=1S/C15H13ClFNO2/c1-9(10-3-2-4-11(17)7-10)18-12-5-6-14(16)13(8-12)15(19)20/h2-9,18H,1H3,(H,19,20). The Balaban J connectivity index is 2.22. The van der Waals surface area contributed by atoms with Crippen LogP contribution in [0.2, 0.25) is 5.02 Å². The van der Waals surface area contributed by atoms with E-state index in [-0.39, 0.29) is 22.4 Å². The van der Waals surface area contributed by atoms with Crippen molar-refractivity contribution in [2.24, 2.45) is 0 Å². The van der Waals surface area contributed by atoms with Crippen molar-refractivity contribution < 1.29 is 14.3 Å². The zero-order chi connectivity index (χ0) is 14.7. The minimum atomic E-state index is -1.09. The first-order chi connectivity index (χ1) is 9.47. The third-order valence-corrected chi connectivity index (χ3v) is 3.26. The van der Waals surface area contributed by atoms with Gasteiger partial charge in [0.05, 0.1) is 10.6 Å². The van der Waals surface area contributed by atoms with E-state index in [0.717, 1.165) is 5.56 Å². The smallest absolute Gasteiger partial charge is 0.337 e. The fourth-order valence-corrected chi connectivity index (χ4v) is 2.09. The summed E-state index contributed by atoms with van der Waals surface area (Å²) in [5, 5.41) is 12.3. The van der Waals surface area contributed by atoms with Crippen molar-refractivity contribution in [2.45, 2.75) is 13.0 Å². The Morgan fingerprint density at radius 1 is 1.30 bits per heavy atom. The first-order valence-electron chi connectivity index (χ1n) is 6.02. The Morgan fingerprint density at radius 2 is 2.05 bits per heavy atom. The SMILES string of the molecule is CC(Nc1ccc(Cl)c(C(=O)O)c1)c1cccc(F)c1. The van der Waals surface area contributed by atoms with E-state index in [1.54, 1.807) is 18.2 Å². The van der Waals surface area contributed by atoms with Gasteiger partial charge in [-0.2, -0.15) is 0 Å². The number of carbonyl (C=O) groups is 1. The van der Waals surface area contributed by atoms with Crippen LogP contribution in [0.25, 0.3) is 0 Å². The summed E-state index contributed by atoms with van der Waals surface area (Å²) in [7, 11) is 0. The molecule has 2 rings (SSSR count). The number of nitrogens with one attached hydrogen (secondary N) is 1. The second-order valence-corrected chi connectivity index (χ2v) is 4.83. The van der Waals surface area contributed by atoms with Gasteiger partial charge in [0.15, 0.2) is 0 Å². The van der Waals surface area contributed by atoms with Crippen molar-refractivity contribution in [1.82, 2.24) is 0 Å². The van der Waals surface area contributed by atoms with Crippen LogP contribution in [0.15, 0.2) is 42.5 Å². The lowest BCUT2D eigenvalue weighted by Gasteiger charge is -2.16. The Kier molecular flexibility index (Phi) is 4.25. The number of hydrogen-bond acceptors (Lipinski definition) is 2. The average Bonchev–Trinajstić information content (AvgIpc) is 2.40. The van der Waals surface area contributed by atoms with E-state index in [9.17, 15) is 9.18 Å². The molecule has 0 aliphatic rings. The summed E-state index contributed by atoms with van der Waals surface area (Å²) in [5.41, 5.74) is 1.42. The highest BCUT2D eigenvalue weighted by Crippen LogP contribution is 2.24. The van der Waals surface area contributed by atoms with Gasteiger partial charge in [-0.25, -0.2) is 9.18 Å². The van der Waals surface area contributed by atoms with Crippen LogP contribution in [-0.2, 0) is 0 Å². The van der Waals surface area contributed by atoms with Crippen molar-refractivity contribution in [1.29, 1.82) is 0 Å². The Hall–Kier alpha value is -2.07. The van der Waals surface area contributed by atoms with Gasteiger partial charge in [0.1, 0.15) is 5.82 Å². The van der Waals surface area contributed by atoms with Gasteiger partial charge in [-0.1, -0.05) is 23.7 Å². The quantitative estimate of drug-likeness (QED) is 0.881. The summed E-state index contributed by atoms with van der Waals surface area (Å²) in [4.78, 5) is 11.0. The molecule has 0 spiro atoms. The number of aromatic carboxylic acids is 1. The number of rotatable bonds is 4. The van der Waals surface area contributed by atoms with Crippen LogP contribution in [0.5, 0.6) is 0 Å². The molecule has 0 heterocycles. The second-order valence-electron chi connectivity index (χ2n) is 4.42. The maximum absolute atomic E-state index is 13.2. The van der Waals surface area contributed by atoms with Crippen LogP contribution in [0, 0.1) is 5.82 Å². The van der Waals surface area contributed by atoms with Crippen molar-refractivity contribution in [3.05, 3.63) is 64.4 Å². The fraction of sp³-hybridized carbons (Fsp3) is 0.133. The van der Waals surface area contributed by atoms with Crippen molar-refractivity contribution in [3.8, 4) is 0 Å². The number of carboxylic acids is 1. The van der Waals surface area contributed by atoms with Crippen molar-refractivity contribution >= 4 is 23.3 Å². The van der Waals surface area contributed by atoms with Gasteiger partial charge >= 0.3 is 5.97 Å². The van der Waals surface area contributed by atoms with E-state index < -0.39 is 5.97 Å². The number of anilines is 1. The van der Waals surface area contributed by atoms with Crippen LogP contribution >= 0.6 is 11.6 Å². The molecule has 0 saturated heterocycles. The van der Waals surface area contributed by atoms with Gasteiger partial charge in [-0.3, -0.25) is 0 Å². The predicted octanol–water partition coefficient (Wildman–Crippen LogP) is 4.35. The summed E-state index contributed by atoms with van der Waals surface area (Å²) in [6, 6.07) is 10.7. The molecular formula is C15H13ClFNO2. The molecule has 0 bridgehead atoms. The number of carboxylic acid groups (broad SMARTS) is 1. The molecule has 0 amide bonds. The molecule has 0 fully saturated rings. The van der Waals surface area contributed by atoms with Gasteiger partial charge in [0, 0.05) is 11.7 Å². The first kappa shape index (κ1) is 14.3. The molecular weight excluding hydrogens is 281 g/mol. The lowest BCUT2D eigenvalue weighted by molar-refractivity contribution is 0.0697. The normalized spacial score (nSPS) is 11.9. The molecule has 1 atom stereocenters. The molecule has 0 aliphatic carbocycles. The Morgan fingerprint density at radius 3 is 2.70 bits per heavy atom. The van der Waals surface area contributed by atoms with Crippen LogP contribution in [0.1, 0.15) is 28.9 Å². The molecule has 0 aliphatic heterocycles. The Labute approximate surface area is 121 Å². The van der Waals surface area contributed by atoms with Crippen molar-refractivity contribution in [3.63, 3.8) is 0 Å². The molecule has 0 saturated carbocycles. The van der Waals surface area contributed by atoms with Gasteiger partial charge < -0.3 is 10.4 Å². The summed E-state index contributed by atoms with van der Waals surface area (Å²) in [6.07, 6.45) is 0. The minimum absolute atomic E-state index is 0.0307. The van der Waals surface area contributed by atoms with E-state index in [1.165, 1.54) is 24.3 Å². The summed E-state index contributed by atoms with van der Waals surface area (Å²) in [6.45, 7) is 1.86. The molecule has 0 radical (unpaired) electrons. The van der Waals surface area contributed by atoms with Gasteiger partial charge in [0.2, 0.25) is 0 Å². The average molecular weight is 294 g/mol. The number of benzene rings is 2. The molecule has 2 aromatic carbocycles. The molecule has 3 nitrogen and oxygen atoms in total. The highest BCUT2D eigenvalue weighted by atomic mass is 35.5. The number of hydrogen-bond donors (Lipinski definition) is 2. The lowest BCUT2D eigenvalue weighted by atomic mass is 10.1. The van der Waals surface area contributed by atoms with Gasteiger partial charge in [-0.15, -0.1) is 0 Å². The predicted molar refractivity (Wildman–Crippen MR) is 76.8 cm³/mol. The molecule has 2 aromatic rings. The maximum Gasteiger partial charge on any atom is 0.337 e. The van der Waals surface area contributed by atoms with E-state index in [1.807, 2.05) is 6.92 Å². The zero-order valence-corrected chi connectivity index (χ0v) is 11.5. The number of halogens is 2. The van der Waals surface area contributed by atoms with E-state index in [0.29, 0.717) is 5.69 Å². The molecule has 104 valence electrons. The molecule has 20 heavy (non-hydrogen) atoms. The molecule has 0 aromatic heterocycles. The minimum Gasteiger partial charge on any atom is -0.478 e. The molecule has 5 heteroatoms. The third kappa shape index (κ3) is 3.27. The van der Waals surface area contributed by atoms with E-state index in [2.05, 4.69) is 5.32 Å². The Bertz CT molecular complexity index is 646. The zero-order valence-electron chi connectivity index (χ0n) is 10.7. The first-order valence-corrected chi connectivity index (χ1v) is 6.40. The van der Waals surface area contributed by atoms with Crippen molar-refractivity contribution in [2.75, 3.05) is 5.32 Å². The van der Waals surface area contributed by atoms with Crippen LogP contribution < -0.4 is 5.32 Å². The highest BCUT2D eigenvalue weighted by molar-refractivity contribution is 6.33. The summed E-state index contributed by atoms with van der Waals surface area (Å²) >= 11 is 5.81. The molecule has 2 N–H and O–H groups in total. The van der Waals surface area contributed by atoms with E-state index in [4.69, 9.17) is 16.7 Å². The summed E-state index contributed by atoms with van der Waals surface area (Å²) in [5.74, 6) is -1.39. The van der Waals surface area contributed by atoms with Gasteiger partial charge in [0.25, 0.3) is 0 Å². The lowest BCUT2D eigenvalue weighted by Crippen LogP contribution is -2.08. The topological polar surface area (TPSA) is 49.3 Å². The monoisotopic (exact) mass is 293 g/mol. The summed E-state index contributed by atoms with van der Waals surface area (Å²) < 4.78 is 13.2. The third-order valence-electron chi connectivity index (χ3n) is 2.93. The van der Waals surface area contributed by atoms with E-state index >= 15 is 0 Å². The second kappa shape index (κ2) is 5.92. The van der Waals surface area contributed by atoms with Crippen LogP contribution in [0.4, 0.5) is 10.1 Å².